The molecule has 17 heavy (non-hydrogen) atoms. The molecule has 1 unspecified atom stereocenters. The van der Waals surface area contributed by atoms with Gasteiger partial charge in [-0.25, -0.2) is 5.84 Å². The molecule has 0 rings (SSSR count). The molecule has 0 aliphatic carbocycles. The molecule has 0 aromatic rings. The molecule has 0 radical (unpaired) electrons. The van der Waals surface area contributed by atoms with Gasteiger partial charge in [0.15, 0.2) is 0 Å². The Bertz CT molecular complexity index is 256. The standard InChI is InChI=1S/C11H24N4O2/c1-8(2)13-11(17)7-15(4)9(3)5-6-10(16)14-12/h8-9H,5-7,12H2,1-4H3,(H,13,17)(H,14,16). The van der Waals surface area contributed by atoms with Crippen LogP contribution < -0.4 is 16.6 Å². The number of nitrogens with two attached hydrogens (primary N) is 1. The predicted molar refractivity (Wildman–Crippen MR) is 66.9 cm³/mol. The smallest absolute Gasteiger partial charge is 0.234 e. The SMILES string of the molecule is CC(C)NC(=O)CN(C)C(C)CCC(=O)NN. The summed E-state index contributed by atoms with van der Waals surface area (Å²) in [6.45, 7) is 6.16. The van der Waals surface area contributed by atoms with Crippen LogP contribution in [-0.4, -0.2) is 42.4 Å². The van der Waals surface area contributed by atoms with E-state index in [4.69, 9.17) is 5.84 Å². The van der Waals surface area contributed by atoms with Crippen molar-refractivity contribution < 1.29 is 9.59 Å². The van der Waals surface area contributed by atoms with Gasteiger partial charge in [0.05, 0.1) is 6.54 Å². The third-order valence-electron chi connectivity index (χ3n) is 2.55. The fourth-order valence-corrected chi connectivity index (χ4v) is 1.38. The molecule has 4 N–H and O–H groups in total. The molecular formula is C11H24N4O2. The number of likely N-dealkylation sites (N-methyl/N-ethyl adjacent to an activating group) is 1. The van der Waals surface area contributed by atoms with E-state index in [-0.39, 0.29) is 23.9 Å². The van der Waals surface area contributed by atoms with Crippen LogP contribution >= 0.6 is 0 Å². The average molecular weight is 244 g/mol. The van der Waals surface area contributed by atoms with Crippen LogP contribution in [0.1, 0.15) is 33.6 Å². The summed E-state index contributed by atoms with van der Waals surface area (Å²) in [7, 11) is 1.87. The third-order valence-corrected chi connectivity index (χ3v) is 2.55. The Labute approximate surface area is 103 Å². The van der Waals surface area contributed by atoms with Gasteiger partial charge in [-0.15, -0.1) is 0 Å². The van der Waals surface area contributed by atoms with Crippen LogP contribution in [0, 0.1) is 0 Å². The summed E-state index contributed by atoms with van der Waals surface area (Å²) in [5.41, 5.74) is 2.09. The zero-order valence-corrected chi connectivity index (χ0v) is 11.1. The quantitative estimate of drug-likeness (QED) is 0.323. The van der Waals surface area contributed by atoms with E-state index in [0.29, 0.717) is 19.4 Å². The normalized spacial score (nSPS) is 12.6. The zero-order valence-electron chi connectivity index (χ0n) is 11.1. The van der Waals surface area contributed by atoms with Crippen molar-refractivity contribution >= 4 is 11.8 Å². The summed E-state index contributed by atoms with van der Waals surface area (Å²) < 4.78 is 0. The molecule has 0 bridgehead atoms. The lowest BCUT2D eigenvalue weighted by atomic mass is 10.1. The van der Waals surface area contributed by atoms with Gasteiger partial charge in [0.1, 0.15) is 0 Å². The summed E-state index contributed by atoms with van der Waals surface area (Å²) in [5, 5.41) is 2.82. The number of hydrogen-bond acceptors (Lipinski definition) is 4. The molecule has 0 aromatic heterocycles. The lowest BCUT2D eigenvalue weighted by Gasteiger charge is -2.24. The molecule has 2 amide bonds. The Morgan fingerprint density at radius 3 is 2.29 bits per heavy atom. The van der Waals surface area contributed by atoms with Gasteiger partial charge in [-0.3, -0.25) is 19.9 Å². The summed E-state index contributed by atoms with van der Waals surface area (Å²) in [4.78, 5) is 24.4. The number of hydrogen-bond donors (Lipinski definition) is 3. The highest BCUT2D eigenvalue weighted by Crippen LogP contribution is 2.03. The van der Waals surface area contributed by atoms with Gasteiger partial charge < -0.3 is 5.32 Å². The van der Waals surface area contributed by atoms with E-state index in [0.717, 1.165) is 0 Å². The molecule has 0 saturated heterocycles. The maximum Gasteiger partial charge on any atom is 0.234 e. The predicted octanol–water partition coefficient (Wildman–Crippen LogP) is -0.399. The van der Waals surface area contributed by atoms with Gasteiger partial charge in [0, 0.05) is 18.5 Å². The fraction of sp³-hybridized carbons (Fsp3) is 0.818. The van der Waals surface area contributed by atoms with E-state index < -0.39 is 0 Å². The monoisotopic (exact) mass is 244 g/mol. The van der Waals surface area contributed by atoms with Crippen molar-refractivity contribution in [1.82, 2.24) is 15.6 Å². The second kappa shape index (κ2) is 8.03. The van der Waals surface area contributed by atoms with E-state index in [2.05, 4.69) is 10.7 Å². The second-order valence-corrected chi connectivity index (χ2v) is 4.59. The number of amides is 2. The van der Waals surface area contributed by atoms with E-state index in [1.165, 1.54) is 0 Å². The number of nitrogens with zero attached hydrogens (tertiary/aromatic N) is 1. The first-order valence-corrected chi connectivity index (χ1v) is 5.85. The summed E-state index contributed by atoms with van der Waals surface area (Å²) in [6, 6.07) is 0.305. The molecule has 6 heteroatoms. The van der Waals surface area contributed by atoms with Crippen LogP contribution in [0.4, 0.5) is 0 Å². The summed E-state index contributed by atoms with van der Waals surface area (Å²) >= 11 is 0. The number of rotatable bonds is 7. The van der Waals surface area contributed by atoms with Crippen molar-refractivity contribution in [1.29, 1.82) is 0 Å². The molecule has 100 valence electrons. The van der Waals surface area contributed by atoms with Crippen molar-refractivity contribution in [2.45, 2.75) is 45.7 Å². The minimum atomic E-state index is -0.183. The van der Waals surface area contributed by atoms with Crippen LogP contribution in [0.3, 0.4) is 0 Å². The molecule has 6 nitrogen and oxygen atoms in total. The van der Waals surface area contributed by atoms with Gasteiger partial charge >= 0.3 is 0 Å². The highest BCUT2D eigenvalue weighted by atomic mass is 16.2. The molecule has 0 saturated carbocycles. The minimum absolute atomic E-state index is 0.00220. The van der Waals surface area contributed by atoms with E-state index in [9.17, 15) is 9.59 Å². The molecule has 0 spiro atoms. The second-order valence-electron chi connectivity index (χ2n) is 4.59. The molecule has 0 aliphatic rings. The summed E-state index contributed by atoms with van der Waals surface area (Å²) in [6.07, 6.45) is 1.04. The maximum absolute atomic E-state index is 11.5. The highest BCUT2D eigenvalue weighted by Gasteiger charge is 2.14. The Morgan fingerprint density at radius 2 is 1.82 bits per heavy atom. The topological polar surface area (TPSA) is 87.5 Å². The first kappa shape index (κ1) is 15.9. The van der Waals surface area contributed by atoms with Gasteiger partial charge in [-0.05, 0) is 34.2 Å². The number of carbonyl (C=O) groups is 2. The van der Waals surface area contributed by atoms with Crippen LogP contribution in [0.25, 0.3) is 0 Å². The highest BCUT2D eigenvalue weighted by molar-refractivity contribution is 5.78. The maximum atomic E-state index is 11.5. The Kier molecular flexibility index (Phi) is 7.49. The van der Waals surface area contributed by atoms with Gasteiger partial charge in [-0.1, -0.05) is 0 Å². The lowest BCUT2D eigenvalue weighted by molar-refractivity contribution is -0.122. The number of nitrogens with one attached hydrogen (secondary N) is 2. The first-order chi connectivity index (χ1) is 7.86. The van der Waals surface area contributed by atoms with Crippen LogP contribution in [-0.2, 0) is 9.59 Å². The van der Waals surface area contributed by atoms with Crippen molar-refractivity contribution in [3.63, 3.8) is 0 Å². The molecule has 1 atom stereocenters. The van der Waals surface area contributed by atoms with Crippen LogP contribution in [0.2, 0.25) is 0 Å². The van der Waals surface area contributed by atoms with Crippen LogP contribution in [0.15, 0.2) is 0 Å². The fourth-order valence-electron chi connectivity index (χ4n) is 1.38. The van der Waals surface area contributed by atoms with E-state index in [1.807, 2.05) is 32.7 Å². The van der Waals surface area contributed by atoms with Gasteiger partial charge in [0.25, 0.3) is 0 Å². The third kappa shape index (κ3) is 7.70. The Balaban J connectivity index is 3.92. The summed E-state index contributed by atoms with van der Waals surface area (Å²) in [5.74, 6) is 4.81. The molecule has 0 aromatic carbocycles. The van der Waals surface area contributed by atoms with Crippen LogP contribution in [0.5, 0.6) is 0 Å². The zero-order chi connectivity index (χ0) is 13.4. The molecule has 0 heterocycles. The average Bonchev–Trinajstić information content (AvgIpc) is 2.23. The molecular weight excluding hydrogens is 220 g/mol. The van der Waals surface area contributed by atoms with Crippen molar-refractivity contribution in [2.24, 2.45) is 5.84 Å². The number of carbonyl (C=O) groups excluding carboxylic acids is 2. The lowest BCUT2D eigenvalue weighted by Crippen LogP contribution is -2.42. The Hall–Kier alpha value is -1.14. The van der Waals surface area contributed by atoms with Crippen molar-refractivity contribution in [2.75, 3.05) is 13.6 Å². The van der Waals surface area contributed by atoms with E-state index in [1.54, 1.807) is 0 Å². The number of hydrazine groups is 1. The van der Waals surface area contributed by atoms with E-state index >= 15 is 0 Å². The largest absolute Gasteiger partial charge is 0.353 e. The van der Waals surface area contributed by atoms with Crippen molar-refractivity contribution in [3.8, 4) is 0 Å². The first-order valence-electron chi connectivity index (χ1n) is 5.85. The van der Waals surface area contributed by atoms with Gasteiger partial charge in [0.2, 0.25) is 11.8 Å². The minimum Gasteiger partial charge on any atom is -0.353 e. The van der Waals surface area contributed by atoms with Crippen molar-refractivity contribution in [3.05, 3.63) is 0 Å². The molecule has 0 fully saturated rings. The molecule has 0 aliphatic heterocycles. The van der Waals surface area contributed by atoms with Gasteiger partial charge in [-0.2, -0.15) is 0 Å². The Morgan fingerprint density at radius 1 is 1.24 bits per heavy atom.